The fourth-order valence-corrected chi connectivity index (χ4v) is 1.79. The first-order valence-corrected chi connectivity index (χ1v) is 7.45. The number of halogens is 1. The molecule has 0 aliphatic carbocycles. The Morgan fingerprint density at radius 2 is 2.25 bits per heavy atom. The fourth-order valence-electron chi connectivity index (χ4n) is 1.72. The number of carbonyl (C=O) groups is 1. The van der Waals surface area contributed by atoms with Gasteiger partial charge in [0.15, 0.2) is 5.82 Å². The van der Waals surface area contributed by atoms with Crippen molar-refractivity contribution in [3.63, 3.8) is 0 Å². The minimum atomic E-state index is -0.182. The van der Waals surface area contributed by atoms with E-state index in [2.05, 4.69) is 42.4 Å². The van der Waals surface area contributed by atoms with Crippen LogP contribution >= 0.6 is 11.6 Å². The van der Waals surface area contributed by atoms with Gasteiger partial charge in [-0.2, -0.15) is 15.2 Å². The molecule has 124 valence electrons. The maximum Gasteiger partial charge on any atom is 0.249 e. The molecule has 0 aliphatic rings. The number of nitrogens with one attached hydrogen (secondary N) is 2. The van der Waals surface area contributed by atoms with Crippen LogP contribution in [0.2, 0.25) is 0 Å². The summed E-state index contributed by atoms with van der Waals surface area (Å²) in [5.41, 5.74) is 1.72. The lowest BCUT2D eigenvalue weighted by atomic mass is 10.1. The highest BCUT2D eigenvalue weighted by atomic mass is 35.5. The number of amides is 1. The minimum Gasteiger partial charge on any atom is -0.293 e. The van der Waals surface area contributed by atoms with Crippen molar-refractivity contribution in [3.8, 4) is 11.4 Å². The predicted octanol–water partition coefficient (Wildman–Crippen LogP) is 2.71. The molecule has 0 radical (unpaired) electrons. The number of aromatic amines is 1. The summed E-state index contributed by atoms with van der Waals surface area (Å²) >= 11 is 5.71. The summed E-state index contributed by atoms with van der Waals surface area (Å²) < 4.78 is 0. The molecule has 8 nitrogen and oxygen atoms in total. The van der Waals surface area contributed by atoms with Gasteiger partial charge < -0.3 is 0 Å². The summed E-state index contributed by atoms with van der Waals surface area (Å²) in [6, 6.07) is 1.74. The molecule has 9 heteroatoms. The normalized spacial score (nSPS) is 12.1. The first kappa shape index (κ1) is 17.5. The van der Waals surface area contributed by atoms with E-state index in [1.54, 1.807) is 30.6 Å². The maximum absolute atomic E-state index is 11.9. The SMILES string of the molecule is C=N/C(Cl)=C\C=C(/C)CCC(=O)Nc1n[nH]c(-c2ccnnc2)n1. The molecule has 0 saturated heterocycles. The Hall–Kier alpha value is -2.87. The highest BCUT2D eigenvalue weighted by molar-refractivity contribution is 6.29. The Morgan fingerprint density at radius 3 is 2.96 bits per heavy atom. The van der Waals surface area contributed by atoms with E-state index >= 15 is 0 Å². The zero-order valence-corrected chi connectivity index (χ0v) is 13.8. The van der Waals surface area contributed by atoms with Crippen LogP contribution in [0.25, 0.3) is 11.4 Å². The van der Waals surface area contributed by atoms with Gasteiger partial charge in [-0.3, -0.25) is 20.2 Å². The molecule has 0 bridgehead atoms. The molecule has 0 saturated carbocycles. The highest BCUT2D eigenvalue weighted by Gasteiger charge is 2.09. The molecule has 1 amide bonds. The molecule has 24 heavy (non-hydrogen) atoms. The Bertz CT molecular complexity index is 767. The molecule has 2 N–H and O–H groups in total. The molecule has 2 aromatic heterocycles. The summed E-state index contributed by atoms with van der Waals surface area (Å²) in [6.45, 7) is 5.22. The number of hydrogen-bond acceptors (Lipinski definition) is 6. The summed E-state index contributed by atoms with van der Waals surface area (Å²) in [7, 11) is 0. The van der Waals surface area contributed by atoms with Crippen LogP contribution in [0.3, 0.4) is 0 Å². The van der Waals surface area contributed by atoms with Gasteiger partial charge in [0.2, 0.25) is 11.9 Å². The van der Waals surface area contributed by atoms with Crippen LogP contribution in [0.4, 0.5) is 5.95 Å². The van der Waals surface area contributed by atoms with Gasteiger partial charge in [0.25, 0.3) is 0 Å². The van der Waals surface area contributed by atoms with Crippen molar-refractivity contribution in [1.82, 2.24) is 25.4 Å². The van der Waals surface area contributed by atoms with E-state index in [1.807, 2.05) is 6.92 Å². The van der Waals surface area contributed by atoms with Crippen LogP contribution in [-0.4, -0.2) is 38.0 Å². The van der Waals surface area contributed by atoms with Crippen molar-refractivity contribution in [1.29, 1.82) is 0 Å². The number of anilines is 1. The van der Waals surface area contributed by atoms with Crippen LogP contribution in [-0.2, 0) is 4.79 Å². The first-order valence-electron chi connectivity index (χ1n) is 7.07. The van der Waals surface area contributed by atoms with Crippen LogP contribution < -0.4 is 5.32 Å². The Morgan fingerprint density at radius 1 is 1.42 bits per heavy atom. The third-order valence-electron chi connectivity index (χ3n) is 3.00. The summed E-state index contributed by atoms with van der Waals surface area (Å²) in [5.74, 6) is 0.540. The van der Waals surface area contributed by atoms with E-state index < -0.39 is 0 Å². The number of hydrogen-bond donors (Lipinski definition) is 2. The van der Waals surface area contributed by atoms with Crippen molar-refractivity contribution < 1.29 is 4.79 Å². The third-order valence-corrected chi connectivity index (χ3v) is 3.24. The lowest BCUT2D eigenvalue weighted by Crippen LogP contribution is -2.12. The van der Waals surface area contributed by atoms with Crippen molar-refractivity contribution >= 4 is 30.2 Å². The smallest absolute Gasteiger partial charge is 0.249 e. The predicted molar refractivity (Wildman–Crippen MR) is 92.5 cm³/mol. The average molecular weight is 346 g/mol. The van der Waals surface area contributed by atoms with E-state index in [9.17, 15) is 4.79 Å². The second-order valence-corrected chi connectivity index (χ2v) is 5.23. The molecule has 0 aromatic carbocycles. The number of aliphatic imine (C=N–C) groups is 1. The van der Waals surface area contributed by atoms with E-state index in [1.165, 1.54) is 0 Å². The van der Waals surface area contributed by atoms with E-state index in [0.717, 1.165) is 11.1 Å². The van der Waals surface area contributed by atoms with Crippen molar-refractivity contribution in [2.24, 2.45) is 4.99 Å². The summed E-state index contributed by atoms with van der Waals surface area (Å²) in [5, 5.41) is 17.1. The van der Waals surface area contributed by atoms with Crippen LogP contribution in [0, 0.1) is 0 Å². The zero-order chi connectivity index (χ0) is 17.4. The monoisotopic (exact) mass is 345 g/mol. The first-order chi connectivity index (χ1) is 11.6. The lowest BCUT2D eigenvalue weighted by Gasteiger charge is -2.01. The third kappa shape index (κ3) is 5.40. The Balaban J connectivity index is 1.87. The highest BCUT2D eigenvalue weighted by Crippen LogP contribution is 2.14. The van der Waals surface area contributed by atoms with Gasteiger partial charge >= 0.3 is 0 Å². The van der Waals surface area contributed by atoms with Gasteiger partial charge in [0, 0.05) is 12.0 Å². The maximum atomic E-state index is 11.9. The largest absolute Gasteiger partial charge is 0.293 e. The van der Waals surface area contributed by atoms with Gasteiger partial charge in [-0.1, -0.05) is 23.3 Å². The van der Waals surface area contributed by atoms with E-state index in [0.29, 0.717) is 23.8 Å². The number of aromatic nitrogens is 5. The van der Waals surface area contributed by atoms with E-state index in [-0.39, 0.29) is 11.9 Å². The quantitative estimate of drug-likeness (QED) is 0.455. The number of allylic oxidation sites excluding steroid dienone is 3. The second-order valence-electron chi connectivity index (χ2n) is 4.85. The van der Waals surface area contributed by atoms with Crippen LogP contribution in [0.15, 0.2) is 46.3 Å². The Labute approximate surface area is 143 Å². The molecule has 0 fully saturated rings. The molecule has 2 heterocycles. The van der Waals surface area contributed by atoms with Crippen molar-refractivity contribution in [2.45, 2.75) is 19.8 Å². The number of carbonyl (C=O) groups excluding carboxylic acids is 1. The molecule has 2 rings (SSSR count). The molecule has 0 unspecified atom stereocenters. The lowest BCUT2D eigenvalue weighted by molar-refractivity contribution is -0.116. The van der Waals surface area contributed by atoms with Gasteiger partial charge in [0.05, 0.1) is 12.4 Å². The molecule has 0 atom stereocenters. The minimum absolute atomic E-state index is 0.182. The topological polar surface area (TPSA) is 109 Å². The van der Waals surface area contributed by atoms with E-state index in [4.69, 9.17) is 11.6 Å². The summed E-state index contributed by atoms with van der Waals surface area (Å²) in [4.78, 5) is 19.7. The van der Waals surface area contributed by atoms with Crippen molar-refractivity contribution in [3.05, 3.63) is 41.3 Å². The van der Waals surface area contributed by atoms with Crippen LogP contribution in [0.5, 0.6) is 0 Å². The number of nitrogens with zero attached hydrogens (tertiary/aromatic N) is 5. The number of rotatable bonds is 7. The molecule has 0 aliphatic heterocycles. The van der Waals surface area contributed by atoms with Crippen LogP contribution in [0.1, 0.15) is 19.8 Å². The van der Waals surface area contributed by atoms with Gasteiger partial charge in [0.1, 0.15) is 5.16 Å². The Kier molecular flexibility index (Phi) is 6.32. The van der Waals surface area contributed by atoms with Gasteiger partial charge in [-0.05, 0) is 32.2 Å². The molecular formula is C15H16ClN7O. The number of H-pyrrole nitrogens is 1. The fraction of sp³-hybridized carbons (Fsp3) is 0.200. The molecule has 2 aromatic rings. The van der Waals surface area contributed by atoms with Crippen molar-refractivity contribution in [2.75, 3.05) is 5.32 Å². The zero-order valence-electron chi connectivity index (χ0n) is 13.0. The average Bonchev–Trinajstić information content (AvgIpc) is 3.07. The molecular weight excluding hydrogens is 330 g/mol. The standard InChI is InChI=1S/C15H16ClN7O/c1-10(3-5-12(16)17-2)4-6-13(24)20-15-21-14(22-23-15)11-7-8-18-19-9-11/h3,5,7-9H,2,4,6H2,1H3,(H2,20,21,22,23,24)/b10-3+,12-5-. The molecule has 0 spiro atoms. The van der Waals surface area contributed by atoms with Gasteiger partial charge in [-0.15, -0.1) is 5.10 Å². The second kappa shape index (κ2) is 8.68. The summed E-state index contributed by atoms with van der Waals surface area (Å²) in [6.07, 6.45) is 7.41. The van der Waals surface area contributed by atoms with Gasteiger partial charge in [-0.25, -0.2) is 0 Å².